The van der Waals surface area contributed by atoms with Crippen molar-refractivity contribution in [2.75, 3.05) is 31.1 Å². The first-order valence-electron chi connectivity index (χ1n) is 7.23. The number of fused-ring (bicyclic) bond motifs is 1. The number of aromatic nitrogens is 1. The Bertz CT molecular complexity index is 599. The Morgan fingerprint density at radius 3 is 3.05 bits per heavy atom. The Balaban J connectivity index is 2.04. The van der Waals surface area contributed by atoms with Gasteiger partial charge in [-0.3, -0.25) is 0 Å². The standard InChI is InChI=1S/C16H21N3O/c1-12-11-19(8-9-20-12)16-14(6-7-17)10-13-4-2-3-5-15(13)18-16/h2-5,10,12H,6-9,11,17H2,1H3. The number of para-hydroxylation sites is 1. The summed E-state index contributed by atoms with van der Waals surface area (Å²) < 4.78 is 5.62. The molecule has 106 valence electrons. The largest absolute Gasteiger partial charge is 0.375 e. The average Bonchev–Trinajstić information content (AvgIpc) is 2.47. The van der Waals surface area contributed by atoms with Crippen molar-refractivity contribution in [3.8, 4) is 0 Å². The lowest BCUT2D eigenvalue weighted by Crippen LogP contribution is -2.42. The van der Waals surface area contributed by atoms with Gasteiger partial charge >= 0.3 is 0 Å². The molecule has 1 aliphatic rings. The highest BCUT2D eigenvalue weighted by molar-refractivity contribution is 5.81. The number of anilines is 1. The summed E-state index contributed by atoms with van der Waals surface area (Å²) in [5.41, 5.74) is 8.04. The molecule has 2 heterocycles. The van der Waals surface area contributed by atoms with Gasteiger partial charge in [-0.2, -0.15) is 0 Å². The van der Waals surface area contributed by atoms with Gasteiger partial charge in [0.2, 0.25) is 0 Å². The first-order chi connectivity index (χ1) is 9.78. The van der Waals surface area contributed by atoms with E-state index in [1.165, 1.54) is 10.9 Å². The Morgan fingerprint density at radius 1 is 1.40 bits per heavy atom. The van der Waals surface area contributed by atoms with Gasteiger partial charge in [0.15, 0.2) is 0 Å². The fraction of sp³-hybridized carbons (Fsp3) is 0.438. The number of nitrogens with zero attached hydrogens (tertiary/aromatic N) is 2. The second-order valence-corrected chi connectivity index (χ2v) is 5.33. The second kappa shape index (κ2) is 5.77. The van der Waals surface area contributed by atoms with Crippen molar-refractivity contribution in [1.82, 2.24) is 4.98 Å². The van der Waals surface area contributed by atoms with Crippen LogP contribution in [0.2, 0.25) is 0 Å². The monoisotopic (exact) mass is 271 g/mol. The summed E-state index contributed by atoms with van der Waals surface area (Å²) in [5, 5.41) is 1.18. The predicted molar refractivity (Wildman–Crippen MR) is 82.1 cm³/mol. The lowest BCUT2D eigenvalue weighted by atomic mass is 10.1. The Labute approximate surface area is 119 Å². The SMILES string of the molecule is CC1CN(c2nc3ccccc3cc2CCN)CCO1. The maximum Gasteiger partial charge on any atom is 0.132 e. The molecule has 0 bridgehead atoms. The first kappa shape index (κ1) is 13.3. The van der Waals surface area contributed by atoms with Gasteiger partial charge in [0.25, 0.3) is 0 Å². The van der Waals surface area contributed by atoms with Crippen molar-refractivity contribution in [2.45, 2.75) is 19.4 Å². The molecule has 1 aromatic carbocycles. The van der Waals surface area contributed by atoms with Crippen molar-refractivity contribution in [3.05, 3.63) is 35.9 Å². The third-order valence-corrected chi connectivity index (χ3v) is 3.73. The van der Waals surface area contributed by atoms with Crippen LogP contribution in [-0.2, 0) is 11.2 Å². The van der Waals surface area contributed by atoms with Crippen LogP contribution < -0.4 is 10.6 Å². The van der Waals surface area contributed by atoms with E-state index >= 15 is 0 Å². The van der Waals surface area contributed by atoms with E-state index in [9.17, 15) is 0 Å². The molecule has 4 nitrogen and oxygen atoms in total. The van der Waals surface area contributed by atoms with Crippen LogP contribution >= 0.6 is 0 Å². The molecule has 0 radical (unpaired) electrons. The Hall–Kier alpha value is -1.65. The molecule has 0 amide bonds. The molecule has 1 aliphatic heterocycles. The van der Waals surface area contributed by atoms with E-state index in [4.69, 9.17) is 15.5 Å². The van der Waals surface area contributed by atoms with E-state index in [0.717, 1.165) is 37.5 Å². The zero-order chi connectivity index (χ0) is 13.9. The molecular formula is C16H21N3O. The molecule has 1 atom stereocenters. The molecule has 1 fully saturated rings. The zero-order valence-corrected chi connectivity index (χ0v) is 11.9. The van der Waals surface area contributed by atoms with E-state index in [1.54, 1.807) is 0 Å². The summed E-state index contributed by atoms with van der Waals surface area (Å²) in [6.07, 6.45) is 1.11. The molecule has 1 saturated heterocycles. The van der Waals surface area contributed by atoms with Crippen molar-refractivity contribution in [2.24, 2.45) is 5.73 Å². The maximum absolute atomic E-state index is 5.76. The smallest absolute Gasteiger partial charge is 0.132 e. The number of benzene rings is 1. The number of rotatable bonds is 3. The number of morpholine rings is 1. The van der Waals surface area contributed by atoms with Gasteiger partial charge < -0.3 is 15.4 Å². The van der Waals surface area contributed by atoms with E-state index < -0.39 is 0 Å². The van der Waals surface area contributed by atoms with Crippen LogP contribution in [-0.4, -0.2) is 37.3 Å². The van der Waals surface area contributed by atoms with E-state index in [0.29, 0.717) is 6.54 Å². The van der Waals surface area contributed by atoms with Gasteiger partial charge in [-0.05, 0) is 37.6 Å². The van der Waals surface area contributed by atoms with Gasteiger partial charge in [0, 0.05) is 18.5 Å². The van der Waals surface area contributed by atoms with Crippen LogP contribution in [0.15, 0.2) is 30.3 Å². The summed E-state index contributed by atoms with van der Waals surface area (Å²) >= 11 is 0. The lowest BCUT2D eigenvalue weighted by molar-refractivity contribution is 0.0529. The van der Waals surface area contributed by atoms with Crippen LogP contribution in [0.1, 0.15) is 12.5 Å². The van der Waals surface area contributed by atoms with Crippen LogP contribution in [0, 0.1) is 0 Å². The average molecular weight is 271 g/mol. The molecule has 20 heavy (non-hydrogen) atoms. The van der Waals surface area contributed by atoms with Crippen molar-refractivity contribution in [3.63, 3.8) is 0 Å². The highest BCUT2D eigenvalue weighted by Crippen LogP contribution is 2.25. The first-order valence-corrected chi connectivity index (χ1v) is 7.23. The number of hydrogen-bond donors (Lipinski definition) is 1. The topological polar surface area (TPSA) is 51.4 Å². The predicted octanol–water partition coefficient (Wildman–Crippen LogP) is 1.96. The second-order valence-electron chi connectivity index (χ2n) is 5.33. The normalized spacial score (nSPS) is 19.5. The summed E-state index contributed by atoms with van der Waals surface area (Å²) in [5.74, 6) is 1.07. The number of ether oxygens (including phenoxy) is 1. The zero-order valence-electron chi connectivity index (χ0n) is 11.9. The van der Waals surface area contributed by atoms with Crippen LogP contribution in [0.25, 0.3) is 10.9 Å². The van der Waals surface area contributed by atoms with Crippen molar-refractivity contribution >= 4 is 16.7 Å². The summed E-state index contributed by atoms with van der Waals surface area (Å²) in [4.78, 5) is 7.19. The molecule has 2 aromatic rings. The number of nitrogens with two attached hydrogens (primary N) is 1. The fourth-order valence-corrected chi connectivity index (χ4v) is 2.77. The Kier molecular flexibility index (Phi) is 3.85. The fourth-order valence-electron chi connectivity index (χ4n) is 2.77. The van der Waals surface area contributed by atoms with Gasteiger partial charge in [-0.25, -0.2) is 4.98 Å². The molecule has 3 rings (SSSR count). The molecular weight excluding hydrogens is 250 g/mol. The van der Waals surface area contributed by atoms with E-state index in [2.05, 4.69) is 30.0 Å². The molecule has 0 spiro atoms. The Morgan fingerprint density at radius 2 is 2.25 bits per heavy atom. The minimum atomic E-state index is 0.253. The van der Waals surface area contributed by atoms with Gasteiger partial charge in [-0.15, -0.1) is 0 Å². The van der Waals surface area contributed by atoms with Crippen molar-refractivity contribution in [1.29, 1.82) is 0 Å². The lowest BCUT2D eigenvalue weighted by Gasteiger charge is -2.33. The third kappa shape index (κ3) is 2.62. The molecule has 0 aliphatic carbocycles. The van der Waals surface area contributed by atoms with Gasteiger partial charge in [-0.1, -0.05) is 18.2 Å². The van der Waals surface area contributed by atoms with Crippen LogP contribution in [0.5, 0.6) is 0 Å². The minimum absolute atomic E-state index is 0.253. The number of hydrogen-bond acceptors (Lipinski definition) is 4. The quantitative estimate of drug-likeness (QED) is 0.927. The molecule has 4 heteroatoms. The molecule has 0 saturated carbocycles. The summed E-state index contributed by atoms with van der Waals surface area (Å²) in [6.45, 7) is 5.30. The molecule has 1 unspecified atom stereocenters. The van der Waals surface area contributed by atoms with Crippen LogP contribution in [0.3, 0.4) is 0 Å². The number of pyridine rings is 1. The molecule has 2 N–H and O–H groups in total. The molecule has 1 aromatic heterocycles. The van der Waals surface area contributed by atoms with Crippen LogP contribution in [0.4, 0.5) is 5.82 Å². The third-order valence-electron chi connectivity index (χ3n) is 3.73. The summed E-state index contributed by atoms with van der Waals surface area (Å²) in [6, 6.07) is 10.5. The van der Waals surface area contributed by atoms with E-state index in [1.807, 2.05) is 12.1 Å². The van der Waals surface area contributed by atoms with Crippen molar-refractivity contribution < 1.29 is 4.74 Å². The maximum atomic E-state index is 5.76. The van der Waals surface area contributed by atoms with Gasteiger partial charge in [0.05, 0.1) is 18.2 Å². The summed E-state index contributed by atoms with van der Waals surface area (Å²) in [7, 11) is 0. The van der Waals surface area contributed by atoms with E-state index in [-0.39, 0.29) is 6.10 Å². The highest BCUT2D eigenvalue weighted by atomic mass is 16.5. The highest BCUT2D eigenvalue weighted by Gasteiger charge is 2.20. The van der Waals surface area contributed by atoms with Gasteiger partial charge in [0.1, 0.15) is 5.82 Å². The minimum Gasteiger partial charge on any atom is -0.375 e.